The van der Waals surface area contributed by atoms with Gasteiger partial charge in [-0.25, -0.2) is 4.79 Å². The molecule has 0 radical (unpaired) electrons. The summed E-state index contributed by atoms with van der Waals surface area (Å²) in [4.78, 5) is 148. The number of piperidine rings is 1. The van der Waals surface area contributed by atoms with Gasteiger partial charge in [-0.2, -0.15) is 0 Å². The molecule has 4 rings (SSSR count). The Hall–Kier alpha value is -6.24. The van der Waals surface area contributed by atoms with Gasteiger partial charge in [-0.1, -0.05) is 71.1 Å². The van der Waals surface area contributed by atoms with Gasteiger partial charge in [0, 0.05) is 70.6 Å². The number of aliphatic carboxylic acids is 2. The highest BCUT2D eigenvalue weighted by atomic mass is 32.2. The number of aliphatic hydroxyl groups excluding tert-OH is 2. The lowest BCUT2D eigenvalue weighted by Crippen LogP contribution is -2.61. The molecular formula is C68H104N4O23S. The third-order valence-electron chi connectivity index (χ3n) is 18.7. The number of aliphatic hydroxyl groups is 3. The molecule has 18 atom stereocenters. The number of ether oxygens (including phenoxy) is 7. The van der Waals surface area contributed by atoms with E-state index in [-0.39, 0.29) is 74.2 Å². The van der Waals surface area contributed by atoms with Crippen LogP contribution in [0.25, 0.3) is 0 Å². The van der Waals surface area contributed by atoms with Gasteiger partial charge >= 0.3 is 29.8 Å². The Morgan fingerprint density at radius 2 is 1.59 bits per heavy atom. The van der Waals surface area contributed by atoms with Crippen molar-refractivity contribution in [1.29, 1.82) is 0 Å². The van der Waals surface area contributed by atoms with Crippen LogP contribution in [0, 0.1) is 40.9 Å². The number of cyclic esters (lactones) is 1. The number of amides is 3. The number of esters is 3. The average molecular weight is 1380 g/mol. The summed E-state index contributed by atoms with van der Waals surface area (Å²) in [6, 6.07) is -3.99. The summed E-state index contributed by atoms with van der Waals surface area (Å²) in [5, 5.41) is 56.8. The third-order valence-corrected chi connectivity index (χ3v) is 19.7. The highest BCUT2D eigenvalue weighted by Gasteiger charge is 2.53. The van der Waals surface area contributed by atoms with E-state index in [1.165, 1.54) is 21.1 Å². The molecule has 3 heterocycles. The van der Waals surface area contributed by atoms with Crippen molar-refractivity contribution in [3.63, 3.8) is 0 Å². The number of nitrogens with two attached hydrogens (primary N) is 1. The molecule has 4 aliphatic rings. The SMILES string of the molecule is CO[C@H]1C[C@@H]2CC[C@@H](C)[C@@](O)(O2)C(=O)C(=O)N2CCCC[C@H]2C(=O)OC([C@H](C)C[C@@H]2CC[C@@H](OC(=O)C(C)(CO)COC(=O)CSC[C@H](NC(=O)CC[C@H](N)C(=O)O)C(=O)NCC(=O)O)[C@H](OC)C2)CC(=O)[C@H](C)/C=C(\C)[C@@H](O)[C@@H](OC)C(=O)[C@H](C)C[C@@H](C)/C=C\C=CC=C1C. The average Bonchev–Trinajstić information content (AvgIpc) is 0.775. The van der Waals surface area contributed by atoms with E-state index in [4.69, 9.17) is 49.1 Å². The Balaban J connectivity index is 1.55. The molecule has 2 saturated heterocycles. The summed E-state index contributed by atoms with van der Waals surface area (Å²) in [5.74, 6) is -16.3. The number of carboxylic acids is 2. The highest BCUT2D eigenvalue weighted by Crippen LogP contribution is 2.39. The molecule has 3 fully saturated rings. The Kier molecular flexibility index (Phi) is 33.7. The van der Waals surface area contributed by atoms with Crippen LogP contribution in [0.1, 0.15) is 145 Å². The van der Waals surface area contributed by atoms with Crippen molar-refractivity contribution in [1.82, 2.24) is 15.5 Å². The number of Topliss-reactive ketones (excluding diaryl/α,β-unsaturated/α-hetero) is 3. The van der Waals surface area contributed by atoms with E-state index >= 15 is 0 Å². The number of nitrogens with one attached hydrogen (secondary N) is 2. The van der Waals surface area contributed by atoms with Gasteiger partial charge in [-0.05, 0) is 120 Å². The van der Waals surface area contributed by atoms with Crippen molar-refractivity contribution >= 4 is 76.7 Å². The summed E-state index contributed by atoms with van der Waals surface area (Å²) in [6.45, 7) is 11.3. The van der Waals surface area contributed by atoms with E-state index in [1.807, 2.05) is 44.2 Å². The maximum absolute atomic E-state index is 14.7. The standard InChI is InChI=1S/C68H104N4O23S/c1-38-17-13-12-14-18-39(2)52(89-9)31-46-22-20-44(7)68(88,95-46)61(81)63(83)72-26-16-15-19-49(72)65(86)93-53(32-50(74)40(3)28-43(6)59(80)60(91-11)58(79)42(5)27-38)41(4)29-45-21-24-51(54(30-45)90-10)94-66(87)67(8,36-73)37-92-57(78)35-96-34-48(62(82)70-33-56(76)77)71-55(75)25-23-47(69)64(84)85/h12-14,17-18,28,38,40-42,44-49,51-54,59-60,73,80,88H,15-16,19-27,29-37,69H2,1-11H3,(H,70,82)(H,71,75)(H,76,77)(H,84,85)/b14-12?,17-13-,39-18?,43-28+/t38-,40+,41+,42+,44+,45-,46-,47-,48-,49-,51+,52-,53?,54+,59+,60-,67?,68+/m0/s1. The number of allylic oxidation sites excluding steroid dienone is 6. The number of hydrogen-bond acceptors (Lipinski definition) is 23. The van der Waals surface area contributed by atoms with Gasteiger partial charge in [0.1, 0.15) is 66.9 Å². The summed E-state index contributed by atoms with van der Waals surface area (Å²) < 4.78 is 41.2. The molecule has 2 unspecified atom stereocenters. The van der Waals surface area contributed by atoms with E-state index in [0.717, 1.165) is 22.2 Å². The van der Waals surface area contributed by atoms with E-state index in [9.17, 15) is 68.1 Å². The predicted octanol–water partition coefficient (Wildman–Crippen LogP) is 3.88. The van der Waals surface area contributed by atoms with Crippen molar-refractivity contribution in [2.24, 2.45) is 46.7 Å². The molecule has 0 aromatic rings. The van der Waals surface area contributed by atoms with Crippen LogP contribution in [0.15, 0.2) is 47.6 Å². The first kappa shape index (κ1) is 82.2. The summed E-state index contributed by atoms with van der Waals surface area (Å²) in [6.07, 6.45) is 7.29. The lowest BCUT2D eigenvalue weighted by molar-refractivity contribution is -0.265. The van der Waals surface area contributed by atoms with Crippen LogP contribution in [0.3, 0.4) is 0 Å². The molecule has 0 spiro atoms. The van der Waals surface area contributed by atoms with E-state index in [2.05, 4.69) is 10.6 Å². The van der Waals surface area contributed by atoms with Crippen LogP contribution in [0.4, 0.5) is 0 Å². The number of fused-ring (bicyclic) bond motifs is 3. The van der Waals surface area contributed by atoms with Gasteiger partial charge in [-0.3, -0.25) is 47.9 Å². The molecular weight excluding hydrogens is 1270 g/mol. The normalized spacial score (nSPS) is 31.3. The monoisotopic (exact) mass is 1380 g/mol. The van der Waals surface area contributed by atoms with Gasteiger partial charge < -0.3 is 80.0 Å². The van der Waals surface area contributed by atoms with Crippen LogP contribution in [-0.2, 0) is 85.9 Å². The molecule has 96 heavy (non-hydrogen) atoms. The third kappa shape index (κ3) is 24.3. The summed E-state index contributed by atoms with van der Waals surface area (Å²) in [7, 11) is 4.30. The lowest BCUT2D eigenvalue weighted by atomic mass is 9.78. The second-order valence-electron chi connectivity index (χ2n) is 26.6. The van der Waals surface area contributed by atoms with Crippen molar-refractivity contribution < 1.29 is 111 Å². The van der Waals surface area contributed by atoms with E-state index < -0.39 is 175 Å². The predicted molar refractivity (Wildman–Crippen MR) is 350 cm³/mol. The molecule has 0 aromatic heterocycles. The molecule has 540 valence electrons. The molecule has 27 nitrogen and oxygen atoms in total. The summed E-state index contributed by atoms with van der Waals surface area (Å²) >= 11 is 0.818. The van der Waals surface area contributed by atoms with Crippen LogP contribution < -0.4 is 16.4 Å². The zero-order chi connectivity index (χ0) is 71.8. The highest BCUT2D eigenvalue weighted by molar-refractivity contribution is 8.00. The minimum Gasteiger partial charge on any atom is -0.480 e. The first-order valence-electron chi connectivity index (χ1n) is 33.1. The largest absolute Gasteiger partial charge is 0.480 e. The number of carbonyl (C=O) groups excluding carboxylic acids is 9. The van der Waals surface area contributed by atoms with Crippen molar-refractivity contribution in [3.05, 3.63) is 47.6 Å². The number of thioether (sulfide) groups is 1. The van der Waals surface area contributed by atoms with Gasteiger partial charge in [0.15, 0.2) is 5.78 Å². The van der Waals surface area contributed by atoms with Crippen molar-refractivity contribution in [2.75, 3.05) is 59.1 Å². The van der Waals surface area contributed by atoms with E-state index in [0.29, 0.717) is 56.9 Å². The van der Waals surface area contributed by atoms with Gasteiger partial charge in [0.25, 0.3) is 11.7 Å². The lowest BCUT2D eigenvalue weighted by Gasteiger charge is -2.42. The fraction of sp³-hybridized carbons (Fsp3) is 0.721. The Morgan fingerprint density at radius 1 is 0.885 bits per heavy atom. The van der Waals surface area contributed by atoms with Crippen LogP contribution in [-0.4, -0.2) is 221 Å². The van der Waals surface area contributed by atoms with Crippen molar-refractivity contribution in [3.8, 4) is 0 Å². The number of nitrogens with zero attached hydrogens (tertiary/aromatic N) is 1. The maximum atomic E-state index is 14.7. The number of carboxylic acid groups (broad SMARTS) is 2. The zero-order valence-corrected chi connectivity index (χ0v) is 58.2. The molecule has 3 aliphatic heterocycles. The van der Waals surface area contributed by atoms with Gasteiger partial charge in [0.2, 0.25) is 17.6 Å². The molecule has 1 saturated carbocycles. The fourth-order valence-electron chi connectivity index (χ4n) is 12.4. The Morgan fingerprint density at radius 3 is 2.24 bits per heavy atom. The number of hydrogen-bond donors (Lipinski definition) is 8. The number of ketones is 3. The first-order valence-corrected chi connectivity index (χ1v) is 34.2. The second-order valence-corrected chi connectivity index (χ2v) is 27.6. The Labute approximate surface area is 566 Å². The fourth-order valence-corrected chi connectivity index (χ4v) is 13.2. The van der Waals surface area contributed by atoms with Crippen LogP contribution >= 0.6 is 11.8 Å². The minimum atomic E-state index is -2.53. The smallest absolute Gasteiger partial charge is 0.329 e. The maximum Gasteiger partial charge on any atom is 0.329 e. The molecule has 28 heteroatoms. The molecule has 3 amide bonds. The van der Waals surface area contributed by atoms with Crippen molar-refractivity contribution in [2.45, 2.75) is 212 Å². The van der Waals surface area contributed by atoms with Crippen LogP contribution in [0.5, 0.6) is 0 Å². The van der Waals surface area contributed by atoms with Gasteiger partial charge in [-0.15, -0.1) is 11.8 Å². The quantitative estimate of drug-likeness (QED) is 0.0311. The number of methoxy groups -OCH3 is 3. The first-order chi connectivity index (χ1) is 45.2. The van der Waals surface area contributed by atoms with Gasteiger partial charge in [0.05, 0.1) is 30.7 Å². The van der Waals surface area contributed by atoms with Crippen LogP contribution in [0.2, 0.25) is 0 Å². The summed E-state index contributed by atoms with van der Waals surface area (Å²) in [5.41, 5.74) is 4.82. The molecule has 2 bridgehead atoms. The minimum absolute atomic E-state index is 0.0137. The van der Waals surface area contributed by atoms with E-state index in [1.54, 1.807) is 47.8 Å². The second kappa shape index (κ2) is 39.4. The molecule has 1 aliphatic carbocycles. The number of rotatable bonds is 23. The Bertz CT molecular complexity index is 2830. The molecule has 0 aromatic carbocycles. The number of carbonyl (C=O) groups is 11. The molecule has 9 N–H and O–H groups in total. The zero-order valence-electron chi connectivity index (χ0n) is 57.4. The topological polar surface area (TPSA) is 407 Å².